The van der Waals surface area contributed by atoms with E-state index in [0.717, 1.165) is 5.75 Å². The van der Waals surface area contributed by atoms with Crippen molar-refractivity contribution in [2.75, 3.05) is 13.2 Å². The van der Waals surface area contributed by atoms with Gasteiger partial charge in [-0.05, 0) is 31.2 Å². The summed E-state index contributed by atoms with van der Waals surface area (Å²) in [5.74, 6) is 1.39. The molecule has 0 aliphatic carbocycles. The molecule has 0 heterocycles. The summed E-state index contributed by atoms with van der Waals surface area (Å²) in [4.78, 5) is 10.3. The quantitative estimate of drug-likeness (QED) is 0.460. The molecule has 0 bridgehead atoms. The first kappa shape index (κ1) is 13.9. The molecule has 2 aromatic rings. The zero-order valence-electron chi connectivity index (χ0n) is 11.1. The number of ether oxygens (including phenoxy) is 2. The number of nitrogens with zero attached hydrogens (tertiary/aromatic N) is 1. The predicted octanol–water partition coefficient (Wildman–Crippen LogP) is 3.36. The van der Waals surface area contributed by atoms with E-state index in [1.54, 1.807) is 19.1 Å². The van der Waals surface area contributed by atoms with Crippen LogP contribution in [0.2, 0.25) is 0 Å². The second-order valence-electron chi connectivity index (χ2n) is 4.22. The van der Waals surface area contributed by atoms with Gasteiger partial charge < -0.3 is 9.47 Å². The molecule has 0 unspecified atom stereocenters. The van der Waals surface area contributed by atoms with Gasteiger partial charge in [0.05, 0.1) is 4.92 Å². The van der Waals surface area contributed by atoms with Gasteiger partial charge in [-0.25, -0.2) is 0 Å². The summed E-state index contributed by atoms with van der Waals surface area (Å²) >= 11 is 0. The summed E-state index contributed by atoms with van der Waals surface area (Å²) in [6, 6.07) is 14.2. The van der Waals surface area contributed by atoms with E-state index in [9.17, 15) is 10.1 Å². The summed E-state index contributed by atoms with van der Waals surface area (Å²) in [7, 11) is 0. The minimum Gasteiger partial charge on any atom is -0.490 e. The Kier molecular flexibility index (Phi) is 4.55. The Balaban J connectivity index is 1.83. The van der Waals surface area contributed by atoms with Crippen molar-refractivity contribution < 1.29 is 14.4 Å². The fourth-order valence-corrected chi connectivity index (χ4v) is 1.76. The molecule has 0 atom stereocenters. The Labute approximate surface area is 116 Å². The lowest BCUT2D eigenvalue weighted by atomic mass is 10.2. The van der Waals surface area contributed by atoms with Gasteiger partial charge in [0.25, 0.3) is 5.69 Å². The highest BCUT2D eigenvalue weighted by molar-refractivity contribution is 5.44. The van der Waals surface area contributed by atoms with Crippen molar-refractivity contribution >= 4 is 5.69 Å². The van der Waals surface area contributed by atoms with Gasteiger partial charge in [-0.2, -0.15) is 0 Å². The molecule has 2 aromatic carbocycles. The first-order valence-electron chi connectivity index (χ1n) is 6.22. The Morgan fingerprint density at radius 3 is 2.25 bits per heavy atom. The van der Waals surface area contributed by atoms with Crippen LogP contribution in [-0.4, -0.2) is 18.1 Å². The highest BCUT2D eigenvalue weighted by Gasteiger charge is 2.10. The molecule has 0 spiro atoms. The number of benzene rings is 2. The lowest BCUT2D eigenvalue weighted by Crippen LogP contribution is -2.09. The number of hydrogen-bond acceptors (Lipinski definition) is 4. The molecular weight excluding hydrogens is 258 g/mol. The molecule has 0 radical (unpaired) electrons. The van der Waals surface area contributed by atoms with E-state index >= 15 is 0 Å². The van der Waals surface area contributed by atoms with Crippen LogP contribution in [0.15, 0.2) is 48.5 Å². The Morgan fingerprint density at radius 2 is 1.65 bits per heavy atom. The van der Waals surface area contributed by atoms with Crippen LogP contribution in [0.5, 0.6) is 11.5 Å². The van der Waals surface area contributed by atoms with Crippen LogP contribution in [0, 0.1) is 17.0 Å². The first-order valence-corrected chi connectivity index (χ1v) is 6.22. The van der Waals surface area contributed by atoms with Gasteiger partial charge in [0.2, 0.25) is 0 Å². The standard InChI is InChI=1S/C15H15NO4/c1-12-11-14(7-8-15(12)16(17)18)20-10-9-19-13-5-3-2-4-6-13/h2-8,11H,9-10H2,1H3. The number of nitro groups is 1. The molecule has 0 fully saturated rings. The van der Waals surface area contributed by atoms with Gasteiger partial charge >= 0.3 is 0 Å². The molecule has 104 valence electrons. The molecule has 5 heteroatoms. The number of para-hydroxylation sites is 1. The Morgan fingerprint density at radius 1 is 1.00 bits per heavy atom. The van der Waals surface area contributed by atoms with Gasteiger partial charge in [-0.15, -0.1) is 0 Å². The molecule has 0 N–H and O–H groups in total. The van der Waals surface area contributed by atoms with Crippen molar-refractivity contribution in [3.05, 3.63) is 64.2 Å². The van der Waals surface area contributed by atoms with Crippen LogP contribution in [0.4, 0.5) is 5.69 Å². The summed E-state index contributed by atoms with van der Waals surface area (Å²) < 4.78 is 11.0. The van der Waals surface area contributed by atoms with Crippen molar-refractivity contribution in [3.8, 4) is 11.5 Å². The Hall–Kier alpha value is -2.56. The van der Waals surface area contributed by atoms with Crippen LogP contribution in [0.25, 0.3) is 0 Å². The van der Waals surface area contributed by atoms with Crippen LogP contribution in [-0.2, 0) is 0 Å². The first-order chi connectivity index (χ1) is 9.66. The highest BCUT2D eigenvalue weighted by Crippen LogP contribution is 2.22. The van der Waals surface area contributed by atoms with E-state index in [-0.39, 0.29) is 5.69 Å². The molecule has 0 aromatic heterocycles. The van der Waals surface area contributed by atoms with E-state index in [4.69, 9.17) is 9.47 Å². The summed E-state index contributed by atoms with van der Waals surface area (Å²) in [6.45, 7) is 2.48. The van der Waals surface area contributed by atoms with Crippen molar-refractivity contribution in [3.63, 3.8) is 0 Å². The average molecular weight is 273 g/mol. The van der Waals surface area contributed by atoms with Gasteiger partial charge in [-0.1, -0.05) is 18.2 Å². The third kappa shape index (κ3) is 3.71. The van der Waals surface area contributed by atoms with Crippen LogP contribution >= 0.6 is 0 Å². The number of aryl methyl sites for hydroxylation is 1. The third-order valence-electron chi connectivity index (χ3n) is 2.73. The van der Waals surface area contributed by atoms with Crippen LogP contribution in [0.1, 0.15) is 5.56 Å². The highest BCUT2D eigenvalue weighted by atomic mass is 16.6. The normalized spacial score (nSPS) is 10.1. The zero-order chi connectivity index (χ0) is 14.4. The van der Waals surface area contributed by atoms with E-state index in [1.807, 2.05) is 30.3 Å². The second kappa shape index (κ2) is 6.56. The zero-order valence-corrected chi connectivity index (χ0v) is 11.1. The average Bonchev–Trinajstić information content (AvgIpc) is 2.44. The van der Waals surface area contributed by atoms with E-state index in [2.05, 4.69) is 0 Å². The van der Waals surface area contributed by atoms with Gasteiger partial charge in [0.1, 0.15) is 24.7 Å². The maximum atomic E-state index is 10.7. The molecule has 0 saturated heterocycles. The lowest BCUT2D eigenvalue weighted by Gasteiger charge is -2.08. The molecule has 0 saturated carbocycles. The van der Waals surface area contributed by atoms with Gasteiger partial charge in [-0.3, -0.25) is 10.1 Å². The summed E-state index contributed by atoms with van der Waals surface area (Å²) in [5.41, 5.74) is 0.675. The maximum Gasteiger partial charge on any atom is 0.272 e. The molecule has 0 aliphatic rings. The minimum absolute atomic E-state index is 0.0953. The SMILES string of the molecule is Cc1cc(OCCOc2ccccc2)ccc1[N+](=O)[O-]. The lowest BCUT2D eigenvalue weighted by molar-refractivity contribution is -0.385. The molecular formula is C15H15NO4. The maximum absolute atomic E-state index is 10.7. The topological polar surface area (TPSA) is 61.6 Å². The van der Waals surface area contributed by atoms with Gasteiger partial charge in [0, 0.05) is 11.6 Å². The Bertz CT molecular complexity index is 584. The van der Waals surface area contributed by atoms with E-state index in [0.29, 0.717) is 24.5 Å². The van der Waals surface area contributed by atoms with Crippen molar-refractivity contribution in [2.45, 2.75) is 6.92 Å². The molecule has 20 heavy (non-hydrogen) atoms. The van der Waals surface area contributed by atoms with Crippen molar-refractivity contribution in [1.82, 2.24) is 0 Å². The van der Waals surface area contributed by atoms with Gasteiger partial charge in [0.15, 0.2) is 0 Å². The fourth-order valence-electron chi connectivity index (χ4n) is 1.76. The third-order valence-corrected chi connectivity index (χ3v) is 2.73. The van der Waals surface area contributed by atoms with Crippen LogP contribution < -0.4 is 9.47 Å². The number of rotatable bonds is 6. The minimum atomic E-state index is -0.405. The number of nitro benzene ring substituents is 1. The smallest absolute Gasteiger partial charge is 0.272 e. The molecule has 5 nitrogen and oxygen atoms in total. The second-order valence-corrected chi connectivity index (χ2v) is 4.22. The largest absolute Gasteiger partial charge is 0.490 e. The molecule has 2 rings (SSSR count). The fraction of sp³-hybridized carbons (Fsp3) is 0.200. The van der Waals surface area contributed by atoms with Crippen LogP contribution in [0.3, 0.4) is 0 Å². The molecule has 0 aliphatic heterocycles. The summed E-state index contributed by atoms with van der Waals surface area (Å²) in [5, 5.41) is 10.7. The van der Waals surface area contributed by atoms with Crippen molar-refractivity contribution in [2.24, 2.45) is 0 Å². The van der Waals surface area contributed by atoms with Crippen molar-refractivity contribution in [1.29, 1.82) is 0 Å². The number of hydrogen-bond donors (Lipinski definition) is 0. The van der Waals surface area contributed by atoms with E-state index in [1.165, 1.54) is 6.07 Å². The molecule has 0 amide bonds. The summed E-state index contributed by atoms with van der Waals surface area (Å²) in [6.07, 6.45) is 0. The predicted molar refractivity (Wildman–Crippen MR) is 75.3 cm³/mol. The van der Waals surface area contributed by atoms with E-state index < -0.39 is 4.92 Å². The monoisotopic (exact) mass is 273 g/mol.